The molecule has 2 heterocycles. The molecule has 0 N–H and O–H groups in total. The van der Waals surface area contributed by atoms with Crippen LogP contribution in [0.5, 0.6) is 11.5 Å². The van der Waals surface area contributed by atoms with Crippen molar-refractivity contribution >= 4 is 17.5 Å². The zero-order chi connectivity index (χ0) is 19.3. The van der Waals surface area contributed by atoms with E-state index in [0.717, 1.165) is 17.0 Å². The van der Waals surface area contributed by atoms with E-state index in [4.69, 9.17) is 21.1 Å². The zero-order valence-corrected chi connectivity index (χ0v) is 15.9. The Hall–Kier alpha value is -3.05. The number of rotatable bonds is 6. The van der Waals surface area contributed by atoms with E-state index in [2.05, 4.69) is 4.98 Å². The van der Waals surface area contributed by atoms with Gasteiger partial charge in [0.1, 0.15) is 0 Å². The van der Waals surface area contributed by atoms with Crippen LogP contribution in [0.15, 0.2) is 66.9 Å². The second-order valence-corrected chi connectivity index (χ2v) is 6.93. The number of ether oxygens (including phenoxy) is 2. The van der Waals surface area contributed by atoms with E-state index < -0.39 is 0 Å². The lowest BCUT2D eigenvalue weighted by Crippen LogP contribution is -2.32. The van der Waals surface area contributed by atoms with Crippen LogP contribution in [0.4, 0.5) is 0 Å². The van der Waals surface area contributed by atoms with Crippen molar-refractivity contribution < 1.29 is 14.3 Å². The number of hydrogen-bond donors (Lipinski definition) is 0. The molecule has 0 radical (unpaired) electrons. The molecule has 0 aliphatic carbocycles. The van der Waals surface area contributed by atoms with E-state index in [-0.39, 0.29) is 12.7 Å². The average molecular weight is 395 g/mol. The van der Waals surface area contributed by atoms with Crippen LogP contribution >= 0.6 is 11.6 Å². The number of benzene rings is 2. The van der Waals surface area contributed by atoms with Gasteiger partial charge in [-0.05, 0) is 54.1 Å². The minimum absolute atomic E-state index is 0.0507. The first-order valence-corrected chi connectivity index (χ1v) is 9.40. The van der Waals surface area contributed by atoms with Gasteiger partial charge in [-0.2, -0.15) is 0 Å². The summed E-state index contributed by atoms with van der Waals surface area (Å²) >= 11 is 5.96. The van der Waals surface area contributed by atoms with Gasteiger partial charge >= 0.3 is 0 Å². The summed E-state index contributed by atoms with van der Waals surface area (Å²) in [6.45, 7) is 1.24. The topological polar surface area (TPSA) is 51.7 Å². The first kappa shape index (κ1) is 18.3. The molecule has 0 unspecified atom stereocenters. The predicted octanol–water partition coefficient (Wildman–Crippen LogP) is 4.35. The van der Waals surface area contributed by atoms with Crippen molar-refractivity contribution in [1.82, 2.24) is 9.88 Å². The molecule has 2 aromatic carbocycles. The van der Waals surface area contributed by atoms with Gasteiger partial charge in [0.15, 0.2) is 11.5 Å². The number of carbonyl (C=O) groups excluding carboxylic acids is 1. The third kappa shape index (κ3) is 4.26. The van der Waals surface area contributed by atoms with Gasteiger partial charge in [0.25, 0.3) is 5.91 Å². The van der Waals surface area contributed by atoms with Crippen molar-refractivity contribution in [1.29, 1.82) is 0 Å². The number of amides is 1. The quantitative estimate of drug-likeness (QED) is 0.623. The minimum atomic E-state index is -0.0507. The maximum Gasteiger partial charge on any atom is 0.254 e. The van der Waals surface area contributed by atoms with Gasteiger partial charge in [0.2, 0.25) is 6.79 Å². The fourth-order valence-electron chi connectivity index (χ4n) is 3.08. The molecule has 142 valence electrons. The molecule has 1 amide bonds. The van der Waals surface area contributed by atoms with Gasteiger partial charge in [0, 0.05) is 42.0 Å². The van der Waals surface area contributed by atoms with Crippen LogP contribution in [-0.2, 0) is 13.0 Å². The van der Waals surface area contributed by atoms with E-state index in [1.165, 1.54) is 0 Å². The van der Waals surface area contributed by atoms with Crippen molar-refractivity contribution in [3.05, 3.63) is 88.7 Å². The Kier molecular flexibility index (Phi) is 5.44. The summed E-state index contributed by atoms with van der Waals surface area (Å²) in [5.74, 6) is 1.39. The highest BCUT2D eigenvalue weighted by Gasteiger charge is 2.19. The number of halogens is 1. The summed E-state index contributed by atoms with van der Waals surface area (Å²) in [7, 11) is 0. The summed E-state index contributed by atoms with van der Waals surface area (Å²) in [6.07, 6.45) is 2.43. The number of nitrogens with zero attached hydrogens (tertiary/aromatic N) is 2. The van der Waals surface area contributed by atoms with E-state index in [1.54, 1.807) is 30.5 Å². The fourth-order valence-corrected chi connectivity index (χ4v) is 3.21. The molecule has 0 atom stereocenters. The molecule has 1 aliphatic heterocycles. The molecule has 0 saturated heterocycles. The number of hydrogen-bond acceptors (Lipinski definition) is 4. The van der Waals surface area contributed by atoms with Crippen LogP contribution in [-0.4, -0.2) is 29.1 Å². The number of carbonyl (C=O) groups is 1. The molecule has 28 heavy (non-hydrogen) atoms. The molecular formula is C22H19ClN2O3. The first-order valence-electron chi connectivity index (χ1n) is 9.02. The third-order valence-corrected chi connectivity index (χ3v) is 4.80. The highest BCUT2D eigenvalue weighted by atomic mass is 35.5. The van der Waals surface area contributed by atoms with Crippen LogP contribution in [0.25, 0.3) is 0 Å². The Balaban J connectivity index is 1.55. The summed E-state index contributed by atoms with van der Waals surface area (Å²) < 4.78 is 10.8. The van der Waals surface area contributed by atoms with Crippen LogP contribution in [0, 0.1) is 0 Å². The Morgan fingerprint density at radius 2 is 1.86 bits per heavy atom. The molecule has 6 heteroatoms. The largest absolute Gasteiger partial charge is 0.454 e. The SMILES string of the molecule is O=C(c1ccc(Cl)cc1)N(CCc1ccccn1)Cc1ccc2c(c1)OCO2. The molecular weight excluding hydrogens is 376 g/mol. The lowest BCUT2D eigenvalue weighted by molar-refractivity contribution is 0.0744. The summed E-state index contributed by atoms with van der Waals surface area (Å²) in [5, 5.41) is 0.604. The second kappa shape index (κ2) is 8.31. The molecule has 0 bridgehead atoms. The highest BCUT2D eigenvalue weighted by Crippen LogP contribution is 2.33. The van der Waals surface area contributed by atoms with Gasteiger partial charge < -0.3 is 14.4 Å². The van der Waals surface area contributed by atoms with Crippen molar-refractivity contribution in [3.8, 4) is 11.5 Å². The monoisotopic (exact) mass is 394 g/mol. The van der Waals surface area contributed by atoms with Crippen LogP contribution < -0.4 is 9.47 Å². The summed E-state index contributed by atoms with van der Waals surface area (Å²) in [5.41, 5.74) is 2.53. The van der Waals surface area contributed by atoms with Crippen molar-refractivity contribution in [2.75, 3.05) is 13.3 Å². The standard InChI is InChI=1S/C22H19ClN2O3/c23-18-7-5-17(6-8-18)22(26)25(12-10-19-3-1-2-11-24-19)14-16-4-9-20-21(13-16)28-15-27-20/h1-9,11,13H,10,12,14-15H2. The molecule has 3 aromatic rings. The van der Waals surface area contributed by atoms with Gasteiger partial charge in [0.05, 0.1) is 0 Å². The molecule has 1 aliphatic rings. The van der Waals surface area contributed by atoms with Crippen molar-refractivity contribution in [2.24, 2.45) is 0 Å². The van der Waals surface area contributed by atoms with Gasteiger partial charge in [-0.1, -0.05) is 23.7 Å². The van der Waals surface area contributed by atoms with Crippen LogP contribution in [0.2, 0.25) is 5.02 Å². The Bertz CT molecular complexity index is 961. The normalized spacial score (nSPS) is 12.0. The molecule has 5 nitrogen and oxygen atoms in total. The Labute approximate surface area is 168 Å². The third-order valence-electron chi connectivity index (χ3n) is 4.55. The Morgan fingerprint density at radius 1 is 1.04 bits per heavy atom. The smallest absolute Gasteiger partial charge is 0.254 e. The molecule has 0 fully saturated rings. The maximum absolute atomic E-state index is 13.1. The maximum atomic E-state index is 13.1. The lowest BCUT2D eigenvalue weighted by Gasteiger charge is -2.23. The Morgan fingerprint density at radius 3 is 2.64 bits per heavy atom. The summed E-state index contributed by atoms with van der Waals surface area (Å²) in [6, 6.07) is 18.5. The van der Waals surface area contributed by atoms with Gasteiger partial charge in [-0.15, -0.1) is 0 Å². The number of fused-ring (bicyclic) bond motifs is 1. The fraction of sp³-hybridized carbons (Fsp3) is 0.182. The van der Waals surface area contributed by atoms with Crippen molar-refractivity contribution in [2.45, 2.75) is 13.0 Å². The highest BCUT2D eigenvalue weighted by molar-refractivity contribution is 6.30. The van der Waals surface area contributed by atoms with Gasteiger partial charge in [-0.25, -0.2) is 0 Å². The molecule has 0 saturated carbocycles. The second-order valence-electron chi connectivity index (χ2n) is 6.49. The van der Waals surface area contributed by atoms with E-state index >= 15 is 0 Å². The number of aromatic nitrogens is 1. The van der Waals surface area contributed by atoms with E-state index in [0.29, 0.717) is 35.8 Å². The van der Waals surface area contributed by atoms with Crippen molar-refractivity contribution in [3.63, 3.8) is 0 Å². The average Bonchev–Trinajstić information content (AvgIpc) is 3.20. The minimum Gasteiger partial charge on any atom is -0.454 e. The van der Waals surface area contributed by atoms with Crippen LogP contribution in [0.3, 0.4) is 0 Å². The zero-order valence-electron chi connectivity index (χ0n) is 15.2. The lowest BCUT2D eigenvalue weighted by atomic mass is 10.1. The van der Waals surface area contributed by atoms with E-state index in [9.17, 15) is 4.79 Å². The van der Waals surface area contributed by atoms with E-state index in [1.807, 2.05) is 41.3 Å². The van der Waals surface area contributed by atoms with Gasteiger partial charge in [-0.3, -0.25) is 9.78 Å². The number of pyridine rings is 1. The molecule has 4 rings (SSSR count). The van der Waals surface area contributed by atoms with Crippen LogP contribution in [0.1, 0.15) is 21.6 Å². The predicted molar refractivity (Wildman–Crippen MR) is 107 cm³/mol. The summed E-state index contributed by atoms with van der Waals surface area (Å²) in [4.78, 5) is 19.3. The molecule has 1 aromatic heterocycles. The first-order chi connectivity index (χ1) is 13.7. The molecule has 0 spiro atoms.